The Hall–Kier alpha value is -1.64. The van der Waals surface area contributed by atoms with Crippen molar-refractivity contribution >= 4 is 11.8 Å². The van der Waals surface area contributed by atoms with Gasteiger partial charge in [-0.15, -0.1) is 0 Å². The van der Waals surface area contributed by atoms with E-state index in [0.29, 0.717) is 25.1 Å². The third-order valence-electron chi connectivity index (χ3n) is 2.73. The van der Waals surface area contributed by atoms with Crippen LogP contribution in [-0.4, -0.2) is 28.6 Å². The van der Waals surface area contributed by atoms with Gasteiger partial charge in [0.15, 0.2) is 5.96 Å². The summed E-state index contributed by atoms with van der Waals surface area (Å²) in [5.74, 6) is 6.74. The highest BCUT2D eigenvalue weighted by molar-refractivity contribution is 5.95. The highest BCUT2D eigenvalue weighted by Crippen LogP contribution is 2.25. The van der Waals surface area contributed by atoms with Gasteiger partial charge in [-0.05, 0) is 13.8 Å². The lowest BCUT2D eigenvalue weighted by Crippen LogP contribution is -2.44. The van der Waals surface area contributed by atoms with E-state index < -0.39 is 0 Å². The summed E-state index contributed by atoms with van der Waals surface area (Å²) in [5.41, 5.74) is 9.36. The Morgan fingerprint density at radius 2 is 2.39 bits per heavy atom. The predicted octanol–water partition coefficient (Wildman–Crippen LogP) is -0.744. The van der Waals surface area contributed by atoms with Crippen LogP contribution in [0.15, 0.2) is 11.3 Å². The van der Waals surface area contributed by atoms with Crippen LogP contribution >= 0.6 is 0 Å². The van der Waals surface area contributed by atoms with E-state index in [1.165, 1.54) is 0 Å². The Morgan fingerprint density at radius 3 is 3.06 bits per heavy atom. The number of fused-ring (bicyclic) bond motifs is 1. The number of nitrogens with two attached hydrogens (primary N) is 2. The molecule has 0 radical (unpaired) electrons. The standard InChI is InChI=1S/C10H20N8/c1-6(2)18-5-14-7-8(11)16-10(17-9(7)18)13-3-4-15-12/h5-6,8,15H,3-4,11-12H2,1-2H3,(H2,13,16,17). The topological polar surface area (TPSA) is 118 Å². The van der Waals surface area contributed by atoms with E-state index in [4.69, 9.17) is 11.6 Å². The molecule has 18 heavy (non-hydrogen) atoms. The molecular formula is C10H20N8. The maximum atomic E-state index is 6.01. The molecule has 7 N–H and O–H groups in total. The average molecular weight is 252 g/mol. The van der Waals surface area contributed by atoms with Crippen LogP contribution in [0.2, 0.25) is 0 Å². The second kappa shape index (κ2) is 5.34. The van der Waals surface area contributed by atoms with Gasteiger partial charge in [-0.2, -0.15) is 0 Å². The average Bonchev–Trinajstić information content (AvgIpc) is 2.73. The zero-order valence-electron chi connectivity index (χ0n) is 10.6. The van der Waals surface area contributed by atoms with E-state index in [1.807, 2.05) is 4.57 Å². The predicted molar refractivity (Wildman–Crippen MR) is 70.8 cm³/mol. The van der Waals surface area contributed by atoms with Gasteiger partial charge in [-0.1, -0.05) is 0 Å². The maximum absolute atomic E-state index is 6.01. The number of imidazole rings is 1. The molecule has 0 saturated heterocycles. The first kappa shape index (κ1) is 12.8. The van der Waals surface area contributed by atoms with Crippen molar-refractivity contribution in [2.45, 2.75) is 26.1 Å². The number of aromatic nitrogens is 2. The normalized spacial score (nSPS) is 20.7. The van der Waals surface area contributed by atoms with Gasteiger partial charge in [-0.3, -0.25) is 16.3 Å². The molecule has 1 aliphatic heterocycles. The minimum atomic E-state index is -0.342. The second-order valence-electron chi connectivity index (χ2n) is 4.41. The monoisotopic (exact) mass is 252 g/mol. The molecule has 0 fully saturated rings. The number of anilines is 1. The van der Waals surface area contributed by atoms with E-state index in [0.717, 1.165) is 11.5 Å². The van der Waals surface area contributed by atoms with Crippen LogP contribution in [0.1, 0.15) is 31.7 Å². The summed E-state index contributed by atoms with van der Waals surface area (Å²) in [6, 6.07) is 0.311. The molecule has 1 aromatic rings. The molecule has 0 saturated carbocycles. The van der Waals surface area contributed by atoms with Crippen molar-refractivity contribution in [2.75, 3.05) is 18.4 Å². The summed E-state index contributed by atoms with van der Waals surface area (Å²) in [6.45, 7) is 5.36. The fourth-order valence-corrected chi connectivity index (χ4v) is 1.80. The van der Waals surface area contributed by atoms with E-state index >= 15 is 0 Å². The first-order chi connectivity index (χ1) is 8.63. The maximum Gasteiger partial charge on any atom is 0.198 e. The molecule has 8 heteroatoms. The molecular weight excluding hydrogens is 232 g/mol. The van der Waals surface area contributed by atoms with Crippen LogP contribution in [-0.2, 0) is 0 Å². The van der Waals surface area contributed by atoms with Crippen molar-refractivity contribution in [1.82, 2.24) is 20.3 Å². The number of hydrogen-bond donors (Lipinski definition) is 5. The summed E-state index contributed by atoms with van der Waals surface area (Å²) in [6.07, 6.45) is 1.44. The Morgan fingerprint density at radius 1 is 1.61 bits per heavy atom. The molecule has 8 nitrogen and oxygen atoms in total. The Kier molecular flexibility index (Phi) is 3.80. The fraction of sp³-hybridized carbons (Fsp3) is 0.600. The molecule has 0 spiro atoms. The zero-order chi connectivity index (χ0) is 13.1. The molecule has 0 aromatic carbocycles. The number of guanidine groups is 1. The second-order valence-corrected chi connectivity index (χ2v) is 4.41. The van der Waals surface area contributed by atoms with Crippen LogP contribution in [0.25, 0.3) is 0 Å². The van der Waals surface area contributed by atoms with Crippen LogP contribution in [0.3, 0.4) is 0 Å². The summed E-state index contributed by atoms with van der Waals surface area (Å²) in [7, 11) is 0. The van der Waals surface area contributed by atoms with Gasteiger partial charge in [0, 0.05) is 12.6 Å². The van der Waals surface area contributed by atoms with Crippen LogP contribution in [0.4, 0.5) is 5.82 Å². The number of nitrogens with one attached hydrogen (secondary N) is 3. The number of hydrogen-bond acceptors (Lipinski definition) is 5. The summed E-state index contributed by atoms with van der Waals surface area (Å²) < 4.78 is 2.03. The lowest BCUT2D eigenvalue weighted by atomic mass is 10.3. The molecule has 100 valence electrons. The molecule has 1 atom stereocenters. The summed E-state index contributed by atoms with van der Waals surface area (Å²) in [4.78, 5) is 8.65. The van der Waals surface area contributed by atoms with Crippen LogP contribution in [0, 0.1) is 0 Å². The largest absolute Gasteiger partial charge is 0.335 e. The van der Waals surface area contributed by atoms with E-state index in [1.54, 1.807) is 6.33 Å². The van der Waals surface area contributed by atoms with Gasteiger partial charge in [0.05, 0.1) is 12.9 Å². The van der Waals surface area contributed by atoms with Crippen molar-refractivity contribution in [1.29, 1.82) is 0 Å². The van der Waals surface area contributed by atoms with Crippen molar-refractivity contribution in [3.63, 3.8) is 0 Å². The quantitative estimate of drug-likeness (QED) is 0.273. The van der Waals surface area contributed by atoms with E-state index in [9.17, 15) is 0 Å². The van der Waals surface area contributed by atoms with Crippen LogP contribution < -0.4 is 27.6 Å². The lowest BCUT2D eigenvalue weighted by molar-refractivity contribution is 0.597. The molecule has 1 aromatic heterocycles. The first-order valence-electron chi connectivity index (χ1n) is 5.97. The summed E-state index contributed by atoms with van der Waals surface area (Å²) in [5, 5.41) is 6.26. The minimum absolute atomic E-state index is 0.311. The smallest absolute Gasteiger partial charge is 0.198 e. The van der Waals surface area contributed by atoms with Crippen LogP contribution in [0.5, 0.6) is 0 Å². The van der Waals surface area contributed by atoms with E-state index in [2.05, 4.69) is 39.9 Å². The molecule has 0 aliphatic carbocycles. The third-order valence-corrected chi connectivity index (χ3v) is 2.73. The van der Waals surface area contributed by atoms with Gasteiger partial charge < -0.3 is 20.9 Å². The Balaban J connectivity index is 2.20. The van der Waals surface area contributed by atoms with Crippen molar-refractivity contribution in [3.8, 4) is 0 Å². The highest BCUT2D eigenvalue weighted by atomic mass is 15.3. The van der Waals surface area contributed by atoms with E-state index in [-0.39, 0.29) is 6.17 Å². The van der Waals surface area contributed by atoms with Gasteiger partial charge in [0.2, 0.25) is 0 Å². The van der Waals surface area contributed by atoms with Crippen molar-refractivity contribution in [3.05, 3.63) is 12.0 Å². The number of rotatable bonds is 4. The Labute approximate surface area is 106 Å². The van der Waals surface area contributed by atoms with Crippen molar-refractivity contribution in [2.24, 2.45) is 16.6 Å². The van der Waals surface area contributed by atoms with Gasteiger partial charge in [0.1, 0.15) is 17.7 Å². The third kappa shape index (κ3) is 2.45. The number of aliphatic imine (C=N–C) groups is 1. The Bertz CT molecular complexity index is 422. The highest BCUT2D eigenvalue weighted by Gasteiger charge is 2.25. The lowest BCUT2D eigenvalue weighted by Gasteiger charge is -2.25. The first-order valence-corrected chi connectivity index (χ1v) is 5.97. The summed E-state index contributed by atoms with van der Waals surface area (Å²) >= 11 is 0. The zero-order valence-corrected chi connectivity index (χ0v) is 10.6. The number of hydrazine groups is 1. The molecule has 0 amide bonds. The molecule has 1 unspecified atom stereocenters. The SMILES string of the molecule is CC(C)n1cnc2c1NC(=NCCNN)NC2N. The number of nitrogens with zero attached hydrogens (tertiary/aromatic N) is 3. The van der Waals surface area contributed by atoms with Crippen molar-refractivity contribution < 1.29 is 0 Å². The fourth-order valence-electron chi connectivity index (χ4n) is 1.80. The molecule has 2 heterocycles. The molecule has 0 bridgehead atoms. The van der Waals surface area contributed by atoms with Gasteiger partial charge in [0.25, 0.3) is 0 Å². The molecule has 2 rings (SSSR count). The minimum Gasteiger partial charge on any atom is -0.335 e. The van der Waals surface area contributed by atoms with Gasteiger partial charge in [-0.25, -0.2) is 4.98 Å². The van der Waals surface area contributed by atoms with Gasteiger partial charge >= 0.3 is 0 Å². The molecule has 1 aliphatic rings.